The van der Waals surface area contributed by atoms with E-state index in [1.807, 2.05) is 4.90 Å². The minimum absolute atomic E-state index is 0.0761. The zero-order valence-corrected chi connectivity index (χ0v) is 19.4. The standard InChI is InChI=1S/C24H23F3N6O4/c25-24(26,27)15-3-1-2-14(8-15)21-29-10-19-22(31-21)33(17-5-7-32(19)11-17)23(36)30-16-4-6-28-20(9-16)37-13-18(35)12-34/h1-4,6,8-10,17-18,34-35H,5,7,11-13H2,(H,28,30,36)/t17-,18?/m0/s1. The molecule has 2 amide bonds. The van der Waals surface area contributed by atoms with Crippen molar-refractivity contribution in [2.75, 3.05) is 41.4 Å². The summed E-state index contributed by atoms with van der Waals surface area (Å²) in [5, 5.41) is 21.2. The second-order valence-corrected chi connectivity index (χ2v) is 8.70. The number of carbonyl (C=O) groups excluding carboxylic acids is 1. The van der Waals surface area contributed by atoms with Gasteiger partial charge in [0.05, 0.1) is 30.1 Å². The first-order chi connectivity index (χ1) is 17.7. The summed E-state index contributed by atoms with van der Waals surface area (Å²) in [6.45, 7) is 0.631. The number of hydrogen-bond donors (Lipinski definition) is 3. The van der Waals surface area contributed by atoms with E-state index in [-0.39, 0.29) is 29.9 Å². The molecule has 4 heterocycles. The van der Waals surface area contributed by atoms with Gasteiger partial charge in [-0.05, 0) is 24.6 Å². The molecule has 5 rings (SSSR count). The maximum Gasteiger partial charge on any atom is 0.416 e. The van der Waals surface area contributed by atoms with Gasteiger partial charge < -0.3 is 25.2 Å². The van der Waals surface area contributed by atoms with Crippen molar-refractivity contribution >= 4 is 23.2 Å². The van der Waals surface area contributed by atoms with Crippen molar-refractivity contribution in [3.8, 4) is 17.3 Å². The number of hydrogen-bond acceptors (Lipinski definition) is 8. The maximum atomic E-state index is 13.4. The van der Waals surface area contributed by atoms with Gasteiger partial charge in [0.25, 0.3) is 0 Å². The monoisotopic (exact) mass is 516 g/mol. The lowest BCUT2D eigenvalue weighted by molar-refractivity contribution is -0.137. The molecule has 194 valence electrons. The number of aliphatic hydroxyl groups excluding tert-OH is 2. The van der Waals surface area contributed by atoms with Crippen molar-refractivity contribution in [2.45, 2.75) is 24.7 Å². The Hall–Kier alpha value is -3.97. The number of nitrogens with zero attached hydrogens (tertiary/aromatic N) is 5. The molecule has 10 nitrogen and oxygen atoms in total. The second-order valence-electron chi connectivity index (χ2n) is 8.70. The van der Waals surface area contributed by atoms with Crippen molar-refractivity contribution in [1.82, 2.24) is 15.0 Å². The van der Waals surface area contributed by atoms with Crippen LogP contribution in [0.2, 0.25) is 0 Å². The van der Waals surface area contributed by atoms with E-state index in [4.69, 9.17) is 9.84 Å². The van der Waals surface area contributed by atoms with Crippen LogP contribution in [-0.4, -0.2) is 69.6 Å². The molecule has 2 aliphatic heterocycles. The van der Waals surface area contributed by atoms with E-state index in [9.17, 15) is 23.1 Å². The van der Waals surface area contributed by atoms with E-state index in [2.05, 4.69) is 20.3 Å². The predicted molar refractivity (Wildman–Crippen MR) is 127 cm³/mol. The Balaban J connectivity index is 1.42. The molecule has 0 saturated carbocycles. The molecule has 0 spiro atoms. The minimum Gasteiger partial charge on any atom is -0.475 e. The number of nitrogens with one attached hydrogen (secondary N) is 1. The van der Waals surface area contributed by atoms with E-state index >= 15 is 0 Å². The van der Waals surface area contributed by atoms with E-state index in [0.717, 1.165) is 12.1 Å². The predicted octanol–water partition coefficient (Wildman–Crippen LogP) is 2.92. The maximum absolute atomic E-state index is 13.4. The Bertz CT molecular complexity index is 1310. The van der Waals surface area contributed by atoms with Crippen LogP contribution in [0.15, 0.2) is 48.8 Å². The molecule has 3 aromatic rings. The topological polar surface area (TPSA) is 124 Å². The molecule has 3 N–H and O–H groups in total. The fourth-order valence-electron chi connectivity index (χ4n) is 4.33. The van der Waals surface area contributed by atoms with Gasteiger partial charge in [-0.15, -0.1) is 0 Å². The zero-order valence-electron chi connectivity index (χ0n) is 19.4. The SMILES string of the molecule is O=C(Nc1ccnc(OCC(O)CO)c1)N1c2nc(-c3cccc(C(F)(F)F)c3)ncc2N2CC[C@H]1C2. The lowest BCUT2D eigenvalue weighted by Gasteiger charge is -2.35. The van der Waals surface area contributed by atoms with Crippen LogP contribution >= 0.6 is 0 Å². The number of urea groups is 1. The molecule has 1 aromatic carbocycles. The molecular weight excluding hydrogens is 493 g/mol. The molecule has 2 atom stereocenters. The first-order valence-corrected chi connectivity index (χ1v) is 11.5. The molecule has 2 bridgehead atoms. The highest BCUT2D eigenvalue weighted by molar-refractivity contribution is 6.04. The van der Waals surface area contributed by atoms with Crippen LogP contribution in [-0.2, 0) is 6.18 Å². The largest absolute Gasteiger partial charge is 0.475 e. The zero-order chi connectivity index (χ0) is 26.2. The molecule has 2 aromatic heterocycles. The van der Waals surface area contributed by atoms with Crippen molar-refractivity contribution in [2.24, 2.45) is 0 Å². The third-order valence-corrected chi connectivity index (χ3v) is 6.13. The fourth-order valence-corrected chi connectivity index (χ4v) is 4.33. The second kappa shape index (κ2) is 9.82. The summed E-state index contributed by atoms with van der Waals surface area (Å²) in [4.78, 5) is 29.8. The average Bonchev–Trinajstić information content (AvgIpc) is 3.31. The number of aliphatic hydroxyl groups is 2. The van der Waals surface area contributed by atoms with Crippen molar-refractivity contribution in [1.29, 1.82) is 0 Å². The smallest absolute Gasteiger partial charge is 0.416 e. The average molecular weight is 516 g/mol. The number of halogens is 3. The Labute approximate surface area is 209 Å². The molecule has 2 aliphatic rings. The highest BCUT2D eigenvalue weighted by Crippen LogP contribution is 2.40. The summed E-state index contributed by atoms with van der Waals surface area (Å²) >= 11 is 0. The number of benzene rings is 1. The molecule has 1 unspecified atom stereocenters. The number of anilines is 3. The summed E-state index contributed by atoms with van der Waals surface area (Å²) in [6, 6.07) is 7.12. The summed E-state index contributed by atoms with van der Waals surface area (Å²) in [6.07, 6.45) is -1.94. The van der Waals surface area contributed by atoms with Gasteiger partial charge in [-0.3, -0.25) is 4.90 Å². The van der Waals surface area contributed by atoms with Gasteiger partial charge in [0, 0.05) is 36.6 Å². The van der Waals surface area contributed by atoms with Gasteiger partial charge in [0.1, 0.15) is 12.7 Å². The van der Waals surface area contributed by atoms with Crippen LogP contribution in [0.3, 0.4) is 0 Å². The minimum atomic E-state index is -4.51. The molecule has 1 saturated heterocycles. The highest BCUT2D eigenvalue weighted by atomic mass is 19.4. The Morgan fingerprint density at radius 3 is 2.86 bits per heavy atom. The third kappa shape index (κ3) is 5.13. The Kier molecular flexibility index (Phi) is 6.56. The quantitative estimate of drug-likeness (QED) is 0.457. The molecular formula is C24H23F3N6O4. The first-order valence-electron chi connectivity index (χ1n) is 11.5. The van der Waals surface area contributed by atoms with Crippen LogP contribution in [0, 0.1) is 0 Å². The van der Waals surface area contributed by atoms with E-state index in [0.29, 0.717) is 36.7 Å². The van der Waals surface area contributed by atoms with Gasteiger partial charge in [-0.2, -0.15) is 13.2 Å². The number of carbonyl (C=O) groups is 1. The lowest BCUT2D eigenvalue weighted by atomic mass is 10.1. The molecule has 13 heteroatoms. The van der Waals surface area contributed by atoms with Gasteiger partial charge >= 0.3 is 12.2 Å². The Morgan fingerprint density at radius 1 is 1.24 bits per heavy atom. The van der Waals surface area contributed by atoms with Crippen molar-refractivity contribution < 1.29 is 32.9 Å². The summed E-state index contributed by atoms with van der Waals surface area (Å²) in [5.41, 5.74) is 0.373. The van der Waals surface area contributed by atoms with Crippen LogP contribution < -0.4 is 19.9 Å². The number of amides is 2. The first kappa shape index (κ1) is 24.7. The van der Waals surface area contributed by atoms with Crippen molar-refractivity contribution in [3.05, 3.63) is 54.4 Å². The van der Waals surface area contributed by atoms with Crippen LogP contribution in [0.4, 0.5) is 35.2 Å². The lowest BCUT2D eigenvalue weighted by Crippen LogP contribution is -2.48. The molecule has 0 aliphatic carbocycles. The summed E-state index contributed by atoms with van der Waals surface area (Å²) in [5.74, 6) is 0.531. The third-order valence-electron chi connectivity index (χ3n) is 6.13. The molecule has 0 radical (unpaired) electrons. The van der Waals surface area contributed by atoms with Crippen LogP contribution in [0.25, 0.3) is 11.4 Å². The Morgan fingerprint density at radius 2 is 2.08 bits per heavy atom. The molecule has 1 fully saturated rings. The van der Waals surface area contributed by atoms with Crippen molar-refractivity contribution in [3.63, 3.8) is 0 Å². The van der Waals surface area contributed by atoms with E-state index < -0.39 is 30.5 Å². The molecule has 37 heavy (non-hydrogen) atoms. The van der Waals surface area contributed by atoms with Crippen LogP contribution in [0.5, 0.6) is 5.88 Å². The normalized spacial score (nSPS) is 17.4. The number of alkyl halides is 3. The number of ether oxygens (including phenoxy) is 1. The highest BCUT2D eigenvalue weighted by Gasteiger charge is 2.41. The number of rotatable bonds is 6. The van der Waals surface area contributed by atoms with E-state index in [1.165, 1.54) is 35.5 Å². The van der Waals surface area contributed by atoms with Crippen LogP contribution in [0.1, 0.15) is 12.0 Å². The summed E-state index contributed by atoms with van der Waals surface area (Å²) in [7, 11) is 0. The van der Waals surface area contributed by atoms with Gasteiger partial charge in [-0.25, -0.2) is 19.7 Å². The van der Waals surface area contributed by atoms with Gasteiger partial charge in [-0.1, -0.05) is 12.1 Å². The fraction of sp³-hybridized carbons (Fsp3) is 0.333. The van der Waals surface area contributed by atoms with Gasteiger partial charge in [0.15, 0.2) is 11.6 Å². The number of aromatic nitrogens is 3. The summed E-state index contributed by atoms with van der Waals surface area (Å²) < 4.78 is 45.0. The number of pyridine rings is 1. The van der Waals surface area contributed by atoms with Gasteiger partial charge in [0.2, 0.25) is 5.88 Å². The number of fused-ring (bicyclic) bond motifs is 4. The van der Waals surface area contributed by atoms with E-state index in [1.54, 1.807) is 6.07 Å².